The lowest BCUT2D eigenvalue weighted by molar-refractivity contribution is -0.384. The predicted molar refractivity (Wildman–Crippen MR) is 68.1 cm³/mol. The van der Waals surface area contributed by atoms with Gasteiger partial charge in [-0.3, -0.25) is 10.1 Å². The van der Waals surface area contributed by atoms with Crippen molar-refractivity contribution in [3.05, 3.63) is 57.1 Å². The van der Waals surface area contributed by atoms with Crippen molar-refractivity contribution in [2.24, 2.45) is 0 Å². The van der Waals surface area contributed by atoms with Crippen molar-refractivity contribution in [2.45, 2.75) is 0 Å². The second kappa shape index (κ2) is 6.56. The Morgan fingerprint density at radius 3 is 2.50 bits per heavy atom. The summed E-state index contributed by atoms with van der Waals surface area (Å²) in [6, 6.07) is 5.97. The average Bonchev–Trinajstić information content (AvgIpc) is 2.38. The molecule has 18 heavy (non-hydrogen) atoms. The van der Waals surface area contributed by atoms with Gasteiger partial charge in [-0.15, -0.1) is 0 Å². The first-order valence-corrected chi connectivity index (χ1v) is 5.29. The molecular weight excluding hydrogens is 258 g/mol. The number of nitro benzene ring substituents is 1. The summed E-state index contributed by atoms with van der Waals surface area (Å²) in [6.07, 6.45) is 4.60. The van der Waals surface area contributed by atoms with Crippen molar-refractivity contribution in [3.8, 4) is 0 Å². The maximum Gasteiger partial charge on any atom is 0.349 e. The standard InChI is InChI=1S/C12H10ClNO4/c1-18-12(15)11(13)4-2-3-9-5-7-10(8-6-9)14(16)17/h2-8H,1H3/b3-2+,11-4-. The van der Waals surface area contributed by atoms with Crippen LogP contribution in [0.4, 0.5) is 5.69 Å². The highest BCUT2D eigenvalue weighted by Crippen LogP contribution is 2.13. The number of non-ortho nitro benzene ring substituents is 1. The van der Waals surface area contributed by atoms with E-state index in [9.17, 15) is 14.9 Å². The SMILES string of the molecule is COC(=O)/C(Cl)=C/C=C/c1ccc([N+](=O)[O-])cc1. The van der Waals surface area contributed by atoms with E-state index in [2.05, 4.69) is 4.74 Å². The fourth-order valence-corrected chi connectivity index (χ4v) is 1.27. The number of halogens is 1. The van der Waals surface area contributed by atoms with Crippen molar-refractivity contribution < 1.29 is 14.5 Å². The summed E-state index contributed by atoms with van der Waals surface area (Å²) in [6.45, 7) is 0. The van der Waals surface area contributed by atoms with Crippen molar-refractivity contribution in [2.75, 3.05) is 7.11 Å². The number of hydrogen-bond donors (Lipinski definition) is 0. The first-order chi connectivity index (χ1) is 8.54. The Morgan fingerprint density at radius 1 is 1.39 bits per heavy atom. The van der Waals surface area contributed by atoms with Gasteiger partial charge < -0.3 is 4.74 Å². The molecule has 0 aliphatic heterocycles. The number of nitro groups is 1. The number of carbonyl (C=O) groups is 1. The summed E-state index contributed by atoms with van der Waals surface area (Å²) >= 11 is 5.61. The Labute approximate surface area is 108 Å². The third kappa shape index (κ3) is 4.03. The topological polar surface area (TPSA) is 69.4 Å². The third-order valence-corrected chi connectivity index (χ3v) is 2.30. The molecule has 0 bridgehead atoms. The summed E-state index contributed by atoms with van der Waals surface area (Å²) < 4.78 is 4.41. The molecule has 0 atom stereocenters. The van der Waals surface area contributed by atoms with Gasteiger partial charge in [0.25, 0.3) is 5.69 Å². The fraction of sp³-hybridized carbons (Fsp3) is 0.0833. The number of methoxy groups -OCH3 is 1. The van der Waals surface area contributed by atoms with Crippen molar-refractivity contribution in [1.82, 2.24) is 0 Å². The van der Waals surface area contributed by atoms with Crippen LogP contribution in [0.2, 0.25) is 0 Å². The summed E-state index contributed by atoms with van der Waals surface area (Å²) in [5.74, 6) is -0.620. The number of hydrogen-bond acceptors (Lipinski definition) is 4. The molecule has 6 heteroatoms. The highest BCUT2D eigenvalue weighted by Gasteiger charge is 2.03. The number of carbonyl (C=O) groups excluding carboxylic acids is 1. The van der Waals surface area contributed by atoms with Crippen LogP contribution in [0.3, 0.4) is 0 Å². The molecule has 0 fully saturated rings. The van der Waals surface area contributed by atoms with Gasteiger partial charge in [0, 0.05) is 12.1 Å². The number of benzene rings is 1. The Balaban J connectivity index is 2.73. The van der Waals surface area contributed by atoms with Crippen molar-refractivity contribution in [3.63, 3.8) is 0 Å². The molecule has 0 aliphatic carbocycles. The lowest BCUT2D eigenvalue weighted by Crippen LogP contribution is -1.98. The fourth-order valence-electron chi connectivity index (χ4n) is 1.12. The molecule has 1 aromatic carbocycles. The normalized spacial score (nSPS) is 11.6. The highest BCUT2D eigenvalue weighted by molar-refractivity contribution is 6.41. The van der Waals surface area contributed by atoms with Crippen LogP contribution in [0, 0.1) is 10.1 Å². The number of ether oxygens (including phenoxy) is 1. The van der Waals surface area contributed by atoms with E-state index in [0.29, 0.717) is 0 Å². The number of rotatable bonds is 4. The summed E-state index contributed by atoms with van der Waals surface area (Å²) in [4.78, 5) is 20.9. The number of nitrogens with zero attached hydrogens (tertiary/aromatic N) is 1. The van der Waals surface area contributed by atoms with Crippen LogP contribution >= 0.6 is 11.6 Å². The van der Waals surface area contributed by atoms with Gasteiger partial charge in [-0.05, 0) is 23.8 Å². The minimum Gasteiger partial charge on any atom is -0.465 e. The monoisotopic (exact) mass is 267 g/mol. The van der Waals surface area contributed by atoms with Crippen LogP contribution in [-0.4, -0.2) is 18.0 Å². The first-order valence-electron chi connectivity index (χ1n) is 4.91. The zero-order valence-corrected chi connectivity index (χ0v) is 10.3. The lowest BCUT2D eigenvalue weighted by atomic mass is 10.2. The molecule has 0 aliphatic rings. The molecule has 94 valence electrons. The van der Waals surface area contributed by atoms with E-state index in [4.69, 9.17) is 11.6 Å². The van der Waals surface area contributed by atoms with Gasteiger partial charge in [-0.1, -0.05) is 23.8 Å². The van der Waals surface area contributed by atoms with E-state index < -0.39 is 10.9 Å². The molecule has 0 N–H and O–H groups in total. The average molecular weight is 268 g/mol. The van der Waals surface area contributed by atoms with Crippen LogP contribution in [0.1, 0.15) is 5.56 Å². The zero-order valence-electron chi connectivity index (χ0n) is 9.50. The Bertz CT molecular complexity index is 505. The Kier molecular flexibility index (Phi) is 5.07. The first kappa shape index (κ1) is 13.9. The summed E-state index contributed by atoms with van der Waals surface area (Å²) in [5, 5.41) is 10.4. The third-order valence-electron chi connectivity index (χ3n) is 2.02. The second-order valence-corrected chi connectivity index (χ2v) is 3.62. The highest BCUT2D eigenvalue weighted by atomic mass is 35.5. The summed E-state index contributed by atoms with van der Waals surface area (Å²) in [5.41, 5.74) is 0.779. The van der Waals surface area contributed by atoms with E-state index in [1.54, 1.807) is 24.3 Å². The molecule has 0 unspecified atom stereocenters. The van der Waals surface area contributed by atoms with Gasteiger partial charge in [-0.2, -0.15) is 0 Å². The van der Waals surface area contributed by atoms with Gasteiger partial charge >= 0.3 is 5.97 Å². The molecule has 0 radical (unpaired) electrons. The minimum absolute atomic E-state index is 0.0234. The number of allylic oxidation sites excluding steroid dienone is 2. The molecular formula is C12H10ClNO4. The molecule has 0 heterocycles. The van der Waals surface area contributed by atoms with Crippen LogP contribution in [0.15, 0.2) is 41.4 Å². The predicted octanol–water partition coefficient (Wildman–Crippen LogP) is 2.90. The smallest absolute Gasteiger partial charge is 0.349 e. The maximum atomic E-state index is 10.9. The molecule has 0 saturated heterocycles. The van der Waals surface area contributed by atoms with E-state index in [-0.39, 0.29) is 10.7 Å². The Hall–Kier alpha value is -2.14. The van der Waals surface area contributed by atoms with Gasteiger partial charge in [0.15, 0.2) is 0 Å². The largest absolute Gasteiger partial charge is 0.465 e. The molecule has 0 amide bonds. The van der Waals surface area contributed by atoms with Gasteiger partial charge in [-0.25, -0.2) is 4.79 Å². The number of esters is 1. The second-order valence-electron chi connectivity index (χ2n) is 3.21. The minimum atomic E-state index is -0.620. The van der Waals surface area contributed by atoms with E-state index in [1.807, 2.05) is 0 Å². The van der Waals surface area contributed by atoms with E-state index >= 15 is 0 Å². The molecule has 0 spiro atoms. The lowest BCUT2D eigenvalue weighted by Gasteiger charge is -1.94. The molecule has 0 saturated carbocycles. The Morgan fingerprint density at radius 2 is 2.00 bits per heavy atom. The van der Waals surface area contributed by atoms with Gasteiger partial charge in [0.2, 0.25) is 0 Å². The molecule has 1 rings (SSSR count). The van der Waals surface area contributed by atoms with Crippen LogP contribution in [0.25, 0.3) is 6.08 Å². The molecule has 0 aromatic heterocycles. The van der Waals surface area contributed by atoms with Crippen molar-refractivity contribution in [1.29, 1.82) is 0 Å². The quantitative estimate of drug-likeness (QED) is 0.276. The van der Waals surface area contributed by atoms with Crippen LogP contribution < -0.4 is 0 Å². The van der Waals surface area contributed by atoms with Gasteiger partial charge in [0.1, 0.15) is 5.03 Å². The maximum absolute atomic E-state index is 10.9. The molecule has 5 nitrogen and oxygen atoms in total. The van der Waals surface area contributed by atoms with Crippen LogP contribution in [0.5, 0.6) is 0 Å². The van der Waals surface area contributed by atoms with E-state index in [1.165, 1.54) is 25.3 Å². The van der Waals surface area contributed by atoms with E-state index in [0.717, 1.165) is 5.56 Å². The van der Waals surface area contributed by atoms with Crippen molar-refractivity contribution >= 4 is 29.3 Å². The zero-order chi connectivity index (χ0) is 13.5. The molecule has 1 aromatic rings. The summed E-state index contributed by atoms with van der Waals surface area (Å²) in [7, 11) is 1.23. The van der Waals surface area contributed by atoms with Crippen LogP contribution in [-0.2, 0) is 9.53 Å². The van der Waals surface area contributed by atoms with Gasteiger partial charge in [0.05, 0.1) is 12.0 Å².